The number of hydrogen-bond donors (Lipinski definition) is 2. The molecule has 20 heavy (non-hydrogen) atoms. The van der Waals surface area contributed by atoms with Crippen molar-refractivity contribution in [3.63, 3.8) is 0 Å². The van der Waals surface area contributed by atoms with Crippen LogP contribution in [0.2, 0.25) is 0 Å². The lowest BCUT2D eigenvalue weighted by Gasteiger charge is -2.15. The van der Waals surface area contributed by atoms with Crippen LogP contribution in [0.4, 0.5) is 0 Å². The monoisotopic (exact) mass is 298 g/mol. The Hall–Kier alpha value is -1.44. The van der Waals surface area contributed by atoms with Gasteiger partial charge in [-0.3, -0.25) is 4.79 Å². The average molecular weight is 298 g/mol. The minimum absolute atomic E-state index is 0.0310. The van der Waals surface area contributed by atoms with Gasteiger partial charge in [0.1, 0.15) is 0 Å². The molecule has 6 nitrogen and oxygen atoms in total. The Labute approximate surface area is 118 Å². The van der Waals surface area contributed by atoms with Crippen molar-refractivity contribution in [2.45, 2.75) is 17.7 Å². The fourth-order valence-electron chi connectivity index (χ4n) is 2.14. The van der Waals surface area contributed by atoms with Crippen LogP contribution in [0, 0.1) is 0 Å². The Morgan fingerprint density at radius 1 is 1.20 bits per heavy atom. The zero-order chi connectivity index (χ0) is 14.6. The zero-order valence-electron chi connectivity index (χ0n) is 11.1. The van der Waals surface area contributed by atoms with Gasteiger partial charge in [0.05, 0.1) is 11.5 Å². The van der Waals surface area contributed by atoms with Gasteiger partial charge >= 0.3 is 0 Å². The quantitative estimate of drug-likeness (QED) is 0.812. The molecule has 1 aliphatic rings. The van der Waals surface area contributed by atoms with E-state index in [0.717, 1.165) is 25.9 Å². The number of hydrogen-bond acceptors (Lipinski definition) is 4. The van der Waals surface area contributed by atoms with Crippen LogP contribution in [-0.4, -0.2) is 50.6 Å². The second-order valence-corrected chi connectivity index (χ2v) is 6.41. The predicted molar refractivity (Wildman–Crippen MR) is 73.9 cm³/mol. The van der Waals surface area contributed by atoms with Crippen molar-refractivity contribution in [3.05, 3.63) is 29.8 Å². The number of carbonyl (C=O) groups is 1. The first kappa shape index (κ1) is 15.0. The molecule has 110 valence electrons. The summed E-state index contributed by atoms with van der Waals surface area (Å²) in [6.07, 6.45) is 2.03. The Morgan fingerprint density at radius 3 is 2.35 bits per heavy atom. The number of rotatable bonds is 5. The standard InChI is InChI=1S/C13H18N2O4S/c16-10-7-14-20(18,19)12-5-3-11(4-6-12)13(17)15-8-1-2-9-15/h3-6,14,16H,1-2,7-10H2. The number of nitrogens with zero attached hydrogens (tertiary/aromatic N) is 1. The summed E-state index contributed by atoms with van der Waals surface area (Å²) >= 11 is 0. The highest BCUT2D eigenvalue weighted by Gasteiger charge is 2.20. The van der Waals surface area contributed by atoms with E-state index in [1.165, 1.54) is 24.3 Å². The highest BCUT2D eigenvalue weighted by molar-refractivity contribution is 7.89. The van der Waals surface area contributed by atoms with Gasteiger partial charge in [0.25, 0.3) is 5.91 Å². The van der Waals surface area contributed by atoms with Crippen molar-refractivity contribution in [2.24, 2.45) is 0 Å². The number of carbonyl (C=O) groups excluding carboxylic acids is 1. The van der Waals surface area contributed by atoms with Crippen molar-refractivity contribution in [3.8, 4) is 0 Å². The number of aliphatic hydroxyl groups excluding tert-OH is 1. The molecule has 0 bridgehead atoms. The van der Waals surface area contributed by atoms with Gasteiger partial charge in [-0.05, 0) is 37.1 Å². The minimum atomic E-state index is -3.62. The number of amides is 1. The van der Waals surface area contributed by atoms with Crippen LogP contribution in [0.5, 0.6) is 0 Å². The van der Waals surface area contributed by atoms with Crippen LogP contribution in [0.25, 0.3) is 0 Å². The molecule has 0 atom stereocenters. The van der Waals surface area contributed by atoms with Gasteiger partial charge in [0.15, 0.2) is 0 Å². The number of sulfonamides is 1. The molecule has 1 amide bonds. The van der Waals surface area contributed by atoms with E-state index < -0.39 is 10.0 Å². The second-order valence-electron chi connectivity index (χ2n) is 4.65. The van der Waals surface area contributed by atoms with E-state index in [1.807, 2.05) is 0 Å². The van der Waals surface area contributed by atoms with Gasteiger partial charge in [-0.2, -0.15) is 0 Å². The Bertz CT molecular complexity index is 563. The van der Waals surface area contributed by atoms with Crippen molar-refractivity contribution >= 4 is 15.9 Å². The minimum Gasteiger partial charge on any atom is -0.395 e. The van der Waals surface area contributed by atoms with Gasteiger partial charge in [-0.15, -0.1) is 0 Å². The van der Waals surface area contributed by atoms with E-state index in [1.54, 1.807) is 4.90 Å². The molecule has 2 rings (SSSR count). The molecule has 0 saturated carbocycles. The third-order valence-electron chi connectivity index (χ3n) is 3.21. The maximum atomic E-state index is 12.1. The summed E-state index contributed by atoms with van der Waals surface area (Å²) in [7, 11) is -3.62. The van der Waals surface area contributed by atoms with Gasteiger partial charge in [0, 0.05) is 25.2 Å². The van der Waals surface area contributed by atoms with Crippen LogP contribution < -0.4 is 4.72 Å². The average Bonchev–Trinajstić information content (AvgIpc) is 2.99. The molecule has 0 aliphatic carbocycles. The summed E-state index contributed by atoms with van der Waals surface area (Å²) in [6.45, 7) is 1.23. The summed E-state index contributed by atoms with van der Waals surface area (Å²) in [6, 6.07) is 5.86. The van der Waals surface area contributed by atoms with Crippen molar-refractivity contribution < 1.29 is 18.3 Å². The lowest BCUT2D eigenvalue weighted by Crippen LogP contribution is -2.28. The normalized spacial score (nSPS) is 15.6. The Balaban J connectivity index is 2.11. The molecule has 1 aliphatic heterocycles. The molecule has 0 unspecified atom stereocenters. The highest BCUT2D eigenvalue weighted by Crippen LogP contribution is 2.15. The van der Waals surface area contributed by atoms with E-state index in [2.05, 4.69) is 4.72 Å². The fraction of sp³-hybridized carbons (Fsp3) is 0.462. The van der Waals surface area contributed by atoms with E-state index in [4.69, 9.17) is 5.11 Å². The number of likely N-dealkylation sites (tertiary alicyclic amines) is 1. The van der Waals surface area contributed by atoms with E-state index in [9.17, 15) is 13.2 Å². The van der Waals surface area contributed by atoms with Gasteiger partial charge in [-0.1, -0.05) is 0 Å². The Morgan fingerprint density at radius 2 is 1.80 bits per heavy atom. The third-order valence-corrected chi connectivity index (χ3v) is 4.69. The molecular weight excluding hydrogens is 280 g/mol. The first-order valence-electron chi connectivity index (χ1n) is 6.54. The summed E-state index contributed by atoms with van der Waals surface area (Å²) in [5, 5.41) is 8.64. The first-order chi connectivity index (χ1) is 9.54. The Kier molecular flexibility index (Phi) is 4.74. The summed E-state index contributed by atoms with van der Waals surface area (Å²) in [4.78, 5) is 14.0. The molecular formula is C13H18N2O4S. The maximum absolute atomic E-state index is 12.1. The summed E-state index contributed by atoms with van der Waals surface area (Å²) in [5.41, 5.74) is 0.494. The zero-order valence-corrected chi connectivity index (χ0v) is 11.9. The molecule has 1 heterocycles. The molecule has 1 aromatic carbocycles. The number of nitrogens with one attached hydrogen (secondary N) is 1. The van der Waals surface area contributed by atoms with Crippen LogP contribution in [0.3, 0.4) is 0 Å². The number of aliphatic hydroxyl groups is 1. The molecule has 1 aromatic rings. The summed E-state index contributed by atoms with van der Waals surface area (Å²) < 4.78 is 25.9. The van der Waals surface area contributed by atoms with Crippen LogP contribution in [-0.2, 0) is 10.0 Å². The van der Waals surface area contributed by atoms with Crippen LogP contribution in [0.15, 0.2) is 29.2 Å². The van der Waals surface area contributed by atoms with Crippen molar-refractivity contribution in [1.82, 2.24) is 9.62 Å². The maximum Gasteiger partial charge on any atom is 0.253 e. The van der Waals surface area contributed by atoms with Crippen molar-refractivity contribution in [2.75, 3.05) is 26.2 Å². The number of benzene rings is 1. The van der Waals surface area contributed by atoms with E-state index in [-0.39, 0.29) is 24.0 Å². The molecule has 7 heteroatoms. The van der Waals surface area contributed by atoms with Gasteiger partial charge in [0.2, 0.25) is 10.0 Å². The molecule has 1 saturated heterocycles. The predicted octanol–water partition coefficient (Wildman–Crippen LogP) is 0.193. The molecule has 2 N–H and O–H groups in total. The third kappa shape index (κ3) is 3.36. The molecule has 1 fully saturated rings. The van der Waals surface area contributed by atoms with E-state index in [0.29, 0.717) is 5.56 Å². The topological polar surface area (TPSA) is 86.7 Å². The van der Waals surface area contributed by atoms with E-state index >= 15 is 0 Å². The molecule has 0 aromatic heterocycles. The fourth-order valence-corrected chi connectivity index (χ4v) is 3.16. The largest absolute Gasteiger partial charge is 0.395 e. The van der Waals surface area contributed by atoms with Gasteiger partial charge < -0.3 is 10.0 Å². The second kappa shape index (κ2) is 6.34. The van der Waals surface area contributed by atoms with Gasteiger partial charge in [-0.25, -0.2) is 13.1 Å². The lowest BCUT2D eigenvalue weighted by atomic mass is 10.2. The molecule has 0 radical (unpaired) electrons. The highest BCUT2D eigenvalue weighted by atomic mass is 32.2. The van der Waals surface area contributed by atoms with Crippen LogP contribution in [0.1, 0.15) is 23.2 Å². The first-order valence-corrected chi connectivity index (χ1v) is 8.03. The smallest absolute Gasteiger partial charge is 0.253 e. The SMILES string of the molecule is O=C(c1ccc(S(=O)(=O)NCCO)cc1)N1CCCC1. The lowest BCUT2D eigenvalue weighted by molar-refractivity contribution is 0.0792. The summed E-state index contributed by atoms with van der Waals surface area (Å²) in [5.74, 6) is -0.0604. The van der Waals surface area contributed by atoms with Crippen LogP contribution >= 0.6 is 0 Å². The molecule has 0 spiro atoms. The van der Waals surface area contributed by atoms with Crippen molar-refractivity contribution in [1.29, 1.82) is 0 Å².